The van der Waals surface area contributed by atoms with Crippen LogP contribution in [0, 0.1) is 0 Å². The molecule has 0 spiro atoms. The predicted octanol–water partition coefficient (Wildman–Crippen LogP) is 4.48. The summed E-state index contributed by atoms with van der Waals surface area (Å²) in [7, 11) is 3.29. The van der Waals surface area contributed by atoms with Gasteiger partial charge in [-0.25, -0.2) is 0 Å². The van der Waals surface area contributed by atoms with Gasteiger partial charge in [0.2, 0.25) is 5.91 Å². The number of para-hydroxylation sites is 2. The van der Waals surface area contributed by atoms with Gasteiger partial charge in [-0.15, -0.1) is 0 Å². The number of rotatable bonds is 14. The number of nitrogens with zero attached hydrogens (tertiary/aromatic N) is 2. The minimum absolute atomic E-state index is 0.0968. The molecule has 8 heteroatoms. The molecular formula is C32H36N3O5. The number of nitrogens with one attached hydrogen (secondary N) is 1. The smallest absolute Gasteiger partial charge is 0.258 e. The lowest BCUT2D eigenvalue weighted by atomic mass is 9.99. The van der Waals surface area contributed by atoms with Crippen LogP contribution < -0.4 is 20.1 Å². The number of carbonyl (C=O) groups excluding carboxylic acids is 2. The molecule has 1 aliphatic rings. The third-order valence-electron chi connectivity index (χ3n) is 6.77. The van der Waals surface area contributed by atoms with E-state index in [0.29, 0.717) is 37.6 Å². The second-order valence-corrected chi connectivity index (χ2v) is 9.66. The van der Waals surface area contributed by atoms with Crippen LogP contribution in [0.25, 0.3) is 5.57 Å². The summed E-state index contributed by atoms with van der Waals surface area (Å²) in [5.41, 5.74) is 4.97. The van der Waals surface area contributed by atoms with E-state index >= 15 is 0 Å². The quantitative estimate of drug-likeness (QED) is 0.325. The second kappa shape index (κ2) is 14.2. The molecular weight excluding hydrogens is 506 g/mol. The molecule has 0 fully saturated rings. The Kier molecular flexibility index (Phi) is 10.2. The molecule has 0 saturated carbocycles. The van der Waals surface area contributed by atoms with Crippen LogP contribution in [0.2, 0.25) is 0 Å². The van der Waals surface area contributed by atoms with Gasteiger partial charge >= 0.3 is 0 Å². The van der Waals surface area contributed by atoms with Crippen LogP contribution in [0.5, 0.6) is 11.5 Å². The molecule has 0 bridgehead atoms. The topological polar surface area (TPSA) is 91.2 Å². The first-order valence-corrected chi connectivity index (χ1v) is 13.3. The fraction of sp³-hybridized carbons (Fsp3) is 0.312. The molecule has 0 aliphatic carbocycles. The molecule has 3 aromatic carbocycles. The van der Waals surface area contributed by atoms with E-state index in [9.17, 15) is 9.59 Å². The Bertz CT molecular complexity index is 1320. The van der Waals surface area contributed by atoms with Crippen molar-refractivity contribution in [2.45, 2.75) is 32.4 Å². The van der Waals surface area contributed by atoms with Crippen molar-refractivity contribution in [2.75, 3.05) is 34.0 Å². The maximum absolute atomic E-state index is 13.0. The minimum atomic E-state index is -0.362. The van der Waals surface area contributed by atoms with Crippen LogP contribution in [0.15, 0.2) is 79.0 Å². The Balaban J connectivity index is 1.45. The molecule has 1 N–H and O–H groups in total. The normalized spacial score (nSPS) is 12.5. The summed E-state index contributed by atoms with van der Waals surface area (Å²) in [5.74, 6) is 0.960. The van der Waals surface area contributed by atoms with Crippen molar-refractivity contribution in [1.29, 1.82) is 0 Å². The lowest BCUT2D eigenvalue weighted by Gasteiger charge is -2.28. The zero-order valence-corrected chi connectivity index (χ0v) is 23.3. The molecule has 1 atom stereocenters. The summed E-state index contributed by atoms with van der Waals surface area (Å²) in [6, 6.07) is 22.8. The van der Waals surface area contributed by atoms with Crippen LogP contribution in [-0.2, 0) is 27.3 Å². The van der Waals surface area contributed by atoms with Crippen molar-refractivity contribution in [3.05, 3.63) is 95.7 Å². The molecule has 2 amide bonds. The van der Waals surface area contributed by atoms with Gasteiger partial charge in [0.25, 0.3) is 5.91 Å². The van der Waals surface area contributed by atoms with Crippen molar-refractivity contribution in [3.8, 4) is 11.5 Å². The van der Waals surface area contributed by atoms with E-state index in [1.807, 2.05) is 79.0 Å². The first-order valence-electron chi connectivity index (χ1n) is 13.3. The molecule has 0 aromatic heterocycles. The SMILES string of the molecule is COCCc1ccc(OCC(=O)NC(CC2=C[N]c3ccccc32)CN(Cc2ccccc2OC)C(C)=O)cc1. The van der Waals surface area contributed by atoms with Crippen LogP contribution in [-0.4, -0.2) is 56.7 Å². The van der Waals surface area contributed by atoms with Crippen LogP contribution in [0.1, 0.15) is 30.0 Å². The van der Waals surface area contributed by atoms with E-state index in [1.54, 1.807) is 19.1 Å². The molecule has 1 radical (unpaired) electrons. The first-order chi connectivity index (χ1) is 19.5. The highest BCUT2D eigenvalue weighted by molar-refractivity contribution is 5.81. The van der Waals surface area contributed by atoms with Gasteiger partial charge in [-0.05, 0) is 48.2 Å². The minimum Gasteiger partial charge on any atom is -0.496 e. The maximum Gasteiger partial charge on any atom is 0.258 e. The molecule has 1 unspecified atom stereocenters. The number of hydrogen-bond donors (Lipinski definition) is 1. The van der Waals surface area contributed by atoms with Gasteiger partial charge in [-0.3, -0.25) is 14.9 Å². The van der Waals surface area contributed by atoms with E-state index in [1.165, 1.54) is 6.92 Å². The highest BCUT2D eigenvalue weighted by atomic mass is 16.5. The zero-order chi connectivity index (χ0) is 28.3. The van der Waals surface area contributed by atoms with Crippen LogP contribution in [0.4, 0.5) is 5.69 Å². The third-order valence-corrected chi connectivity index (χ3v) is 6.77. The van der Waals surface area contributed by atoms with E-state index in [4.69, 9.17) is 14.2 Å². The summed E-state index contributed by atoms with van der Waals surface area (Å²) >= 11 is 0. The lowest BCUT2D eigenvalue weighted by Crippen LogP contribution is -2.46. The van der Waals surface area contributed by atoms with Crippen LogP contribution >= 0.6 is 0 Å². The second-order valence-electron chi connectivity index (χ2n) is 9.66. The van der Waals surface area contributed by atoms with Crippen LogP contribution in [0.3, 0.4) is 0 Å². The first kappa shape index (κ1) is 28.7. The molecule has 209 valence electrons. The number of methoxy groups -OCH3 is 2. The number of fused-ring (bicyclic) bond motifs is 1. The molecule has 40 heavy (non-hydrogen) atoms. The van der Waals surface area contributed by atoms with Gasteiger partial charge in [0.15, 0.2) is 6.61 Å². The van der Waals surface area contributed by atoms with E-state index in [0.717, 1.165) is 34.4 Å². The molecule has 8 nitrogen and oxygen atoms in total. The highest BCUT2D eigenvalue weighted by Crippen LogP contribution is 2.33. The lowest BCUT2D eigenvalue weighted by molar-refractivity contribution is -0.131. The summed E-state index contributed by atoms with van der Waals surface area (Å²) in [5, 5.41) is 7.61. The van der Waals surface area contributed by atoms with E-state index in [2.05, 4.69) is 10.6 Å². The number of carbonyl (C=O) groups is 2. The van der Waals surface area contributed by atoms with Crippen molar-refractivity contribution >= 4 is 23.1 Å². The highest BCUT2D eigenvalue weighted by Gasteiger charge is 2.24. The zero-order valence-electron chi connectivity index (χ0n) is 23.3. The Hall–Kier alpha value is -4.30. The molecule has 1 heterocycles. The van der Waals surface area contributed by atoms with Crippen molar-refractivity contribution in [1.82, 2.24) is 15.5 Å². The Labute approximate surface area is 235 Å². The Morgan fingerprint density at radius 2 is 1.73 bits per heavy atom. The fourth-order valence-electron chi connectivity index (χ4n) is 4.66. The molecule has 4 rings (SSSR count). The van der Waals surface area contributed by atoms with Crippen molar-refractivity contribution < 1.29 is 23.8 Å². The number of amides is 2. The average Bonchev–Trinajstić information content (AvgIpc) is 3.38. The van der Waals surface area contributed by atoms with Gasteiger partial charge in [-0.1, -0.05) is 48.5 Å². The molecule has 0 saturated heterocycles. The standard InChI is InChI=1S/C32H36N3O5/c1-23(36)35(20-25-8-4-7-11-31(25)39-3)21-27(18-26-19-33-30-10-6-5-9-29(26)30)34-32(37)22-40-28-14-12-24(13-15-28)16-17-38-2/h4-15,19,27H,16-18,20-22H2,1-3H3,(H,34,37). The van der Waals surface area contributed by atoms with Crippen molar-refractivity contribution in [2.24, 2.45) is 0 Å². The number of hydrogen-bond acceptors (Lipinski definition) is 5. The summed E-state index contributed by atoms with van der Waals surface area (Å²) in [6.45, 7) is 2.71. The Morgan fingerprint density at radius 1 is 0.975 bits per heavy atom. The van der Waals surface area contributed by atoms with E-state index in [-0.39, 0.29) is 24.5 Å². The molecule has 3 aromatic rings. The summed E-state index contributed by atoms with van der Waals surface area (Å²) in [6.07, 6.45) is 3.16. The number of benzene rings is 3. The monoisotopic (exact) mass is 542 g/mol. The maximum atomic E-state index is 13.0. The summed E-state index contributed by atoms with van der Waals surface area (Å²) in [4.78, 5) is 27.5. The number of ether oxygens (including phenoxy) is 3. The largest absolute Gasteiger partial charge is 0.496 e. The van der Waals surface area contributed by atoms with E-state index < -0.39 is 0 Å². The fourth-order valence-corrected chi connectivity index (χ4v) is 4.66. The third kappa shape index (κ3) is 7.86. The van der Waals surface area contributed by atoms with Gasteiger partial charge in [-0.2, -0.15) is 0 Å². The average molecular weight is 543 g/mol. The van der Waals surface area contributed by atoms with Gasteiger partial charge in [0, 0.05) is 44.4 Å². The van der Waals surface area contributed by atoms with Gasteiger partial charge in [0.1, 0.15) is 11.5 Å². The van der Waals surface area contributed by atoms with Crippen molar-refractivity contribution in [3.63, 3.8) is 0 Å². The summed E-state index contributed by atoms with van der Waals surface area (Å²) < 4.78 is 16.4. The van der Waals surface area contributed by atoms with Gasteiger partial charge < -0.3 is 24.4 Å². The van der Waals surface area contributed by atoms with Gasteiger partial charge in [0.05, 0.1) is 25.4 Å². The predicted molar refractivity (Wildman–Crippen MR) is 154 cm³/mol. The molecule has 1 aliphatic heterocycles. The Morgan fingerprint density at radius 3 is 2.48 bits per heavy atom.